The van der Waals surface area contributed by atoms with Crippen LogP contribution in [0.4, 0.5) is 0 Å². The van der Waals surface area contributed by atoms with Crippen LogP contribution in [0, 0.1) is 5.92 Å². The van der Waals surface area contributed by atoms with E-state index < -0.39 is 30.4 Å². The minimum atomic E-state index is -1.18. The highest BCUT2D eigenvalue weighted by Gasteiger charge is 2.31. The Hall–Kier alpha value is -2.70. The molecule has 0 aliphatic carbocycles. The summed E-state index contributed by atoms with van der Waals surface area (Å²) in [5, 5.41) is 18.5. The number of carbonyl (C=O) groups is 2. The van der Waals surface area contributed by atoms with E-state index in [1.54, 1.807) is 0 Å². The molecule has 0 saturated carbocycles. The highest BCUT2D eigenvalue weighted by atomic mass is 16.5. The molecule has 0 spiro atoms. The van der Waals surface area contributed by atoms with Crippen molar-refractivity contribution in [3.8, 4) is 0 Å². The van der Waals surface area contributed by atoms with E-state index in [1.165, 1.54) is 0 Å². The third-order valence-electron chi connectivity index (χ3n) is 4.13. The number of aliphatic carboxylic acids is 2. The summed E-state index contributed by atoms with van der Waals surface area (Å²) in [6.45, 7) is 0.897. The van der Waals surface area contributed by atoms with Crippen LogP contribution in [0.5, 0.6) is 0 Å². The molecule has 2 atom stereocenters. The summed E-state index contributed by atoms with van der Waals surface area (Å²) in [6, 6.07) is 19.0. The number of carboxylic acid groups (broad SMARTS) is 2. The van der Waals surface area contributed by atoms with Gasteiger partial charge in [0.1, 0.15) is 0 Å². The van der Waals surface area contributed by atoms with Gasteiger partial charge in [0.25, 0.3) is 0 Å². The van der Waals surface area contributed by atoms with Crippen LogP contribution < -0.4 is 0 Å². The molecular formula is C21H24O6. The van der Waals surface area contributed by atoms with E-state index >= 15 is 0 Å². The van der Waals surface area contributed by atoms with Crippen LogP contribution >= 0.6 is 0 Å². The van der Waals surface area contributed by atoms with E-state index in [-0.39, 0.29) is 13.2 Å². The lowest BCUT2D eigenvalue weighted by Crippen LogP contribution is -2.33. The standard InChI is InChI=1S/C21H24O6/c22-20(23)13-18(21(24)25)19(27-15-17-9-5-2-6-10-17)11-12-26-14-16-7-3-1-4-8-16/h1-10,18-19H,11-15H2,(H,22,23)(H,24,25). The van der Waals surface area contributed by atoms with Crippen LogP contribution in [0.15, 0.2) is 60.7 Å². The Balaban J connectivity index is 1.94. The lowest BCUT2D eigenvalue weighted by atomic mass is 9.96. The fourth-order valence-electron chi connectivity index (χ4n) is 2.71. The predicted octanol–water partition coefficient (Wildman–Crippen LogP) is 3.35. The van der Waals surface area contributed by atoms with Gasteiger partial charge in [0, 0.05) is 6.61 Å². The lowest BCUT2D eigenvalue weighted by molar-refractivity contribution is -0.155. The smallest absolute Gasteiger partial charge is 0.309 e. The topological polar surface area (TPSA) is 93.1 Å². The molecule has 0 saturated heterocycles. The van der Waals surface area contributed by atoms with E-state index in [1.807, 2.05) is 60.7 Å². The average molecular weight is 372 g/mol. The minimum Gasteiger partial charge on any atom is -0.481 e. The number of hydrogen-bond donors (Lipinski definition) is 2. The van der Waals surface area contributed by atoms with Crippen molar-refractivity contribution in [2.75, 3.05) is 6.61 Å². The van der Waals surface area contributed by atoms with Gasteiger partial charge in [0.2, 0.25) is 0 Å². The maximum Gasteiger partial charge on any atom is 0.309 e. The molecule has 0 aliphatic heterocycles. The molecule has 0 bridgehead atoms. The highest BCUT2D eigenvalue weighted by molar-refractivity contribution is 5.78. The Morgan fingerprint density at radius 3 is 1.93 bits per heavy atom. The molecule has 2 aromatic carbocycles. The summed E-state index contributed by atoms with van der Waals surface area (Å²) >= 11 is 0. The Kier molecular flexibility index (Phi) is 8.48. The molecule has 2 rings (SSSR count). The molecule has 0 radical (unpaired) electrons. The normalized spacial score (nSPS) is 13.0. The Morgan fingerprint density at radius 1 is 0.852 bits per heavy atom. The van der Waals surface area contributed by atoms with Gasteiger partial charge in [-0.25, -0.2) is 0 Å². The monoisotopic (exact) mass is 372 g/mol. The number of rotatable bonds is 12. The zero-order valence-corrected chi connectivity index (χ0v) is 15.0. The summed E-state index contributed by atoms with van der Waals surface area (Å²) < 4.78 is 11.4. The molecule has 2 unspecified atom stereocenters. The number of carboxylic acids is 2. The van der Waals surface area contributed by atoms with Gasteiger partial charge in [-0.15, -0.1) is 0 Å². The first kappa shape index (κ1) is 20.6. The van der Waals surface area contributed by atoms with E-state index in [4.69, 9.17) is 14.6 Å². The van der Waals surface area contributed by atoms with Crippen molar-refractivity contribution in [1.82, 2.24) is 0 Å². The molecule has 6 heteroatoms. The van der Waals surface area contributed by atoms with E-state index in [9.17, 15) is 14.7 Å². The van der Waals surface area contributed by atoms with Crippen LogP contribution in [-0.4, -0.2) is 34.9 Å². The number of ether oxygens (including phenoxy) is 2. The van der Waals surface area contributed by atoms with Gasteiger partial charge < -0.3 is 19.7 Å². The van der Waals surface area contributed by atoms with Crippen molar-refractivity contribution in [2.24, 2.45) is 5.92 Å². The summed E-state index contributed by atoms with van der Waals surface area (Å²) in [4.78, 5) is 22.6. The number of benzene rings is 2. The maximum absolute atomic E-state index is 11.6. The summed E-state index contributed by atoms with van der Waals surface area (Å²) in [6.07, 6.45) is -0.952. The zero-order valence-electron chi connectivity index (χ0n) is 15.0. The molecule has 2 aromatic rings. The first-order chi connectivity index (χ1) is 13.1. The first-order valence-electron chi connectivity index (χ1n) is 8.78. The second-order valence-electron chi connectivity index (χ2n) is 6.20. The van der Waals surface area contributed by atoms with Gasteiger partial charge in [-0.3, -0.25) is 9.59 Å². The second-order valence-corrected chi connectivity index (χ2v) is 6.20. The molecule has 0 heterocycles. The lowest BCUT2D eigenvalue weighted by Gasteiger charge is -2.23. The second kappa shape index (κ2) is 11.1. The Labute approximate surface area is 158 Å². The third-order valence-corrected chi connectivity index (χ3v) is 4.13. The molecule has 144 valence electrons. The third kappa shape index (κ3) is 7.60. The van der Waals surface area contributed by atoms with E-state index in [0.717, 1.165) is 11.1 Å². The van der Waals surface area contributed by atoms with Crippen molar-refractivity contribution in [1.29, 1.82) is 0 Å². The molecule has 27 heavy (non-hydrogen) atoms. The highest BCUT2D eigenvalue weighted by Crippen LogP contribution is 2.19. The van der Waals surface area contributed by atoms with Crippen molar-refractivity contribution in [2.45, 2.75) is 32.2 Å². The van der Waals surface area contributed by atoms with Crippen LogP contribution in [0.1, 0.15) is 24.0 Å². The molecule has 6 nitrogen and oxygen atoms in total. The van der Waals surface area contributed by atoms with Gasteiger partial charge in [-0.1, -0.05) is 60.7 Å². The van der Waals surface area contributed by atoms with Gasteiger partial charge in [-0.05, 0) is 17.5 Å². The van der Waals surface area contributed by atoms with Crippen molar-refractivity contribution in [3.63, 3.8) is 0 Å². The minimum absolute atomic E-state index is 0.216. The van der Waals surface area contributed by atoms with Crippen LogP contribution in [0.3, 0.4) is 0 Å². The molecule has 0 amide bonds. The molecule has 0 aliphatic rings. The van der Waals surface area contributed by atoms with Gasteiger partial charge >= 0.3 is 11.9 Å². The largest absolute Gasteiger partial charge is 0.481 e. The summed E-state index contributed by atoms with van der Waals surface area (Å²) in [5.41, 5.74) is 1.91. The SMILES string of the molecule is O=C(O)CC(C(=O)O)C(CCOCc1ccccc1)OCc1ccccc1. The van der Waals surface area contributed by atoms with E-state index in [0.29, 0.717) is 13.0 Å². The molecule has 0 aromatic heterocycles. The molecule has 2 N–H and O–H groups in total. The Morgan fingerprint density at radius 2 is 1.41 bits per heavy atom. The van der Waals surface area contributed by atoms with Gasteiger partial charge in [0.15, 0.2) is 0 Å². The number of hydrogen-bond acceptors (Lipinski definition) is 4. The van der Waals surface area contributed by atoms with Crippen molar-refractivity contribution in [3.05, 3.63) is 71.8 Å². The average Bonchev–Trinajstić information content (AvgIpc) is 2.67. The predicted molar refractivity (Wildman–Crippen MR) is 99.1 cm³/mol. The van der Waals surface area contributed by atoms with Gasteiger partial charge in [-0.2, -0.15) is 0 Å². The Bertz CT molecular complexity index is 701. The van der Waals surface area contributed by atoms with Crippen molar-refractivity contribution < 1.29 is 29.3 Å². The summed E-state index contributed by atoms with van der Waals surface area (Å²) in [5.74, 6) is -3.48. The van der Waals surface area contributed by atoms with Crippen molar-refractivity contribution >= 4 is 11.9 Å². The summed E-state index contributed by atoms with van der Waals surface area (Å²) in [7, 11) is 0. The molecular weight excluding hydrogens is 348 g/mol. The molecule has 0 fully saturated rings. The first-order valence-corrected chi connectivity index (χ1v) is 8.78. The van der Waals surface area contributed by atoms with Gasteiger partial charge in [0.05, 0.1) is 31.7 Å². The fourth-order valence-corrected chi connectivity index (χ4v) is 2.71. The quantitative estimate of drug-likeness (QED) is 0.555. The van der Waals surface area contributed by atoms with E-state index in [2.05, 4.69) is 0 Å². The van der Waals surface area contributed by atoms with Crippen LogP contribution in [0.2, 0.25) is 0 Å². The maximum atomic E-state index is 11.6. The van der Waals surface area contributed by atoms with Crippen LogP contribution in [-0.2, 0) is 32.3 Å². The fraction of sp³-hybridized carbons (Fsp3) is 0.333. The zero-order chi connectivity index (χ0) is 19.5. The van der Waals surface area contributed by atoms with Crippen LogP contribution in [0.25, 0.3) is 0 Å².